The number of nitrogens with one attached hydrogen (secondary N) is 1. The number of rotatable bonds is 7. The molecule has 0 amide bonds. The summed E-state index contributed by atoms with van der Waals surface area (Å²) in [6, 6.07) is 5.92. The molecule has 1 aromatic carbocycles. The smallest absolute Gasteiger partial charge is 0.138 e. The van der Waals surface area contributed by atoms with E-state index in [4.69, 9.17) is 23.2 Å². The van der Waals surface area contributed by atoms with Crippen molar-refractivity contribution in [3.05, 3.63) is 46.0 Å². The van der Waals surface area contributed by atoms with Crippen molar-refractivity contribution < 1.29 is 0 Å². The van der Waals surface area contributed by atoms with Crippen LogP contribution in [0.25, 0.3) is 0 Å². The zero-order valence-electron chi connectivity index (χ0n) is 12.3. The third-order valence-electron chi connectivity index (χ3n) is 3.40. The molecule has 0 saturated carbocycles. The number of hydrogen-bond donors (Lipinski definition) is 1. The third-order valence-corrected chi connectivity index (χ3v) is 3.99. The van der Waals surface area contributed by atoms with Gasteiger partial charge >= 0.3 is 0 Å². The van der Waals surface area contributed by atoms with E-state index in [1.807, 2.05) is 23.9 Å². The summed E-state index contributed by atoms with van der Waals surface area (Å²) in [6.07, 6.45) is 4.32. The molecule has 0 radical (unpaired) electrons. The van der Waals surface area contributed by atoms with E-state index in [-0.39, 0.29) is 6.04 Å². The second kappa shape index (κ2) is 7.78. The van der Waals surface area contributed by atoms with E-state index in [9.17, 15) is 0 Å². The SMILES string of the molecule is CCCNC(Cc1ccc(Cl)cc1Cl)Cc1ncnn1C. The van der Waals surface area contributed by atoms with Crippen LogP contribution >= 0.6 is 23.2 Å². The lowest BCUT2D eigenvalue weighted by Crippen LogP contribution is -2.34. The number of benzene rings is 1. The van der Waals surface area contributed by atoms with Crippen LogP contribution in [-0.2, 0) is 19.9 Å². The van der Waals surface area contributed by atoms with Crippen LogP contribution < -0.4 is 5.32 Å². The number of nitrogens with zero attached hydrogens (tertiary/aromatic N) is 3. The van der Waals surface area contributed by atoms with Gasteiger partial charge in [0.15, 0.2) is 0 Å². The van der Waals surface area contributed by atoms with Gasteiger partial charge in [-0.15, -0.1) is 0 Å². The number of aromatic nitrogens is 3. The maximum Gasteiger partial charge on any atom is 0.138 e. The lowest BCUT2D eigenvalue weighted by molar-refractivity contribution is 0.485. The molecule has 0 saturated heterocycles. The molecule has 1 heterocycles. The Morgan fingerprint density at radius 2 is 2.10 bits per heavy atom. The molecule has 4 nitrogen and oxygen atoms in total. The first-order valence-electron chi connectivity index (χ1n) is 7.10. The first kappa shape index (κ1) is 16.3. The molecule has 1 aromatic heterocycles. The second-order valence-electron chi connectivity index (χ2n) is 5.09. The minimum Gasteiger partial charge on any atom is -0.313 e. The average Bonchev–Trinajstić information content (AvgIpc) is 2.84. The van der Waals surface area contributed by atoms with Crippen molar-refractivity contribution >= 4 is 23.2 Å². The Bertz CT molecular complexity index is 583. The van der Waals surface area contributed by atoms with Crippen molar-refractivity contribution in [3.8, 4) is 0 Å². The largest absolute Gasteiger partial charge is 0.313 e. The highest BCUT2D eigenvalue weighted by atomic mass is 35.5. The molecule has 1 unspecified atom stereocenters. The maximum atomic E-state index is 6.28. The zero-order chi connectivity index (χ0) is 15.2. The molecule has 1 atom stereocenters. The monoisotopic (exact) mass is 326 g/mol. The fraction of sp³-hybridized carbons (Fsp3) is 0.467. The summed E-state index contributed by atoms with van der Waals surface area (Å²) in [6.45, 7) is 3.12. The quantitative estimate of drug-likeness (QED) is 0.849. The summed E-state index contributed by atoms with van der Waals surface area (Å²) in [5.74, 6) is 0.966. The first-order valence-corrected chi connectivity index (χ1v) is 7.86. The molecular weight excluding hydrogens is 307 g/mol. The van der Waals surface area contributed by atoms with Crippen LogP contribution in [-0.4, -0.2) is 27.4 Å². The molecule has 21 heavy (non-hydrogen) atoms. The van der Waals surface area contributed by atoms with Crippen LogP contribution in [0.15, 0.2) is 24.5 Å². The molecule has 2 aromatic rings. The molecule has 1 N–H and O–H groups in total. The van der Waals surface area contributed by atoms with Crippen LogP contribution in [0.2, 0.25) is 10.0 Å². The molecule has 0 aliphatic rings. The molecule has 0 aliphatic carbocycles. The highest BCUT2D eigenvalue weighted by Gasteiger charge is 2.15. The number of halogens is 2. The predicted octanol–water partition coefficient (Wildman–Crippen LogP) is 3.28. The van der Waals surface area contributed by atoms with Crippen molar-refractivity contribution in [2.24, 2.45) is 7.05 Å². The Hall–Kier alpha value is -1.10. The van der Waals surface area contributed by atoms with Gasteiger partial charge in [-0.1, -0.05) is 36.2 Å². The van der Waals surface area contributed by atoms with Crippen molar-refractivity contribution in [1.29, 1.82) is 0 Å². The second-order valence-corrected chi connectivity index (χ2v) is 5.94. The summed E-state index contributed by atoms with van der Waals surface area (Å²) >= 11 is 12.2. The topological polar surface area (TPSA) is 42.7 Å². The molecule has 0 fully saturated rings. The fourth-order valence-corrected chi connectivity index (χ4v) is 2.73. The number of aryl methyl sites for hydroxylation is 1. The molecule has 2 rings (SSSR count). The van der Waals surface area contributed by atoms with Crippen molar-refractivity contribution in [2.45, 2.75) is 32.2 Å². The van der Waals surface area contributed by atoms with E-state index in [0.717, 1.165) is 37.2 Å². The van der Waals surface area contributed by atoms with Crippen molar-refractivity contribution in [3.63, 3.8) is 0 Å². The van der Waals surface area contributed by atoms with Gasteiger partial charge in [-0.05, 0) is 37.1 Å². The Morgan fingerprint density at radius 1 is 1.29 bits per heavy atom. The van der Waals surface area contributed by atoms with Gasteiger partial charge in [0, 0.05) is 29.6 Å². The highest BCUT2D eigenvalue weighted by molar-refractivity contribution is 6.35. The van der Waals surface area contributed by atoms with Crippen LogP contribution in [0, 0.1) is 0 Å². The summed E-state index contributed by atoms with van der Waals surface area (Å²) in [5, 5.41) is 9.05. The van der Waals surface area contributed by atoms with Gasteiger partial charge in [0.25, 0.3) is 0 Å². The van der Waals surface area contributed by atoms with Gasteiger partial charge in [-0.2, -0.15) is 5.10 Å². The lowest BCUT2D eigenvalue weighted by Gasteiger charge is -2.19. The number of hydrogen-bond acceptors (Lipinski definition) is 3. The summed E-state index contributed by atoms with van der Waals surface area (Å²) in [7, 11) is 1.91. The lowest BCUT2D eigenvalue weighted by atomic mass is 10.0. The Labute approximate surface area is 135 Å². The molecule has 6 heteroatoms. The first-order chi connectivity index (χ1) is 10.1. The van der Waals surface area contributed by atoms with E-state index >= 15 is 0 Å². The Kier molecular flexibility index (Phi) is 6.03. The van der Waals surface area contributed by atoms with Gasteiger partial charge in [0.2, 0.25) is 0 Å². The van der Waals surface area contributed by atoms with E-state index < -0.39 is 0 Å². The Morgan fingerprint density at radius 3 is 2.71 bits per heavy atom. The van der Waals surface area contributed by atoms with Gasteiger partial charge in [-0.3, -0.25) is 4.68 Å². The Balaban J connectivity index is 2.10. The standard InChI is InChI=1S/C15H20Cl2N4/c1-3-6-18-13(9-15-19-10-20-21(15)2)7-11-4-5-12(16)8-14(11)17/h4-5,8,10,13,18H,3,6-7,9H2,1-2H3. The summed E-state index contributed by atoms with van der Waals surface area (Å²) in [5.41, 5.74) is 1.09. The molecule has 114 valence electrons. The highest BCUT2D eigenvalue weighted by Crippen LogP contribution is 2.22. The van der Waals surface area contributed by atoms with Crippen LogP contribution in [0.3, 0.4) is 0 Å². The van der Waals surface area contributed by atoms with E-state index in [1.165, 1.54) is 0 Å². The predicted molar refractivity (Wildman–Crippen MR) is 87.0 cm³/mol. The van der Waals surface area contributed by atoms with Gasteiger partial charge in [0.1, 0.15) is 12.2 Å². The fourth-order valence-electron chi connectivity index (χ4n) is 2.24. The van der Waals surface area contributed by atoms with Crippen molar-refractivity contribution in [2.75, 3.05) is 6.54 Å². The van der Waals surface area contributed by atoms with E-state index in [0.29, 0.717) is 10.0 Å². The van der Waals surface area contributed by atoms with Crippen LogP contribution in [0.4, 0.5) is 0 Å². The normalized spacial score (nSPS) is 12.6. The van der Waals surface area contributed by atoms with Gasteiger partial charge < -0.3 is 5.32 Å². The minimum absolute atomic E-state index is 0.270. The average molecular weight is 327 g/mol. The molecule has 0 aliphatic heterocycles. The van der Waals surface area contributed by atoms with E-state index in [2.05, 4.69) is 22.3 Å². The van der Waals surface area contributed by atoms with Gasteiger partial charge in [-0.25, -0.2) is 4.98 Å². The van der Waals surface area contributed by atoms with Crippen molar-refractivity contribution in [1.82, 2.24) is 20.1 Å². The third kappa shape index (κ3) is 4.70. The molecule has 0 spiro atoms. The summed E-state index contributed by atoms with van der Waals surface area (Å²) < 4.78 is 1.81. The van der Waals surface area contributed by atoms with Gasteiger partial charge in [0.05, 0.1) is 0 Å². The van der Waals surface area contributed by atoms with Crippen LogP contribution in [0.1, 0.15) is 24.7 Å². The molecule has 0 bridgehead atoms. The zero-order valence-corrected chi connectivity index (χ0v) is 13.8. The molecular formula is C15H20Cl2N4. The summed E-state index contributed by atoms with van der Waals surface area (Å²) in [4.78, 5) is 4.30. The minimum atomic E-state index is 0.270. The maximum absolute atomic E-state index is 6.28. The van der Waals surface area contributed by atoms with E-state index in [1.54, 1.807) is 12.4 Å². The van der Waals surface area contributed by atoms with Crippen LogP contribution in [0.5, 0.6) is 0 Å².